The molecule has 3 rings (SSSR count). The zero-order chi connectivity index (χ0) is 17.6. The maximum atomic E-state index is 12.2. The number of pyridine rings is 1. The minimum Gasteiger partial charge on any atom is -0.444 e. The molecule has 3 aromatic rings. The number of aromatic nitrogens is 1. The van der Waals surface area contributed by atoms with Crippen LogP contribution in [0.4, 0.5) is 16.2 Å². The molecule has 0 aliphatic carbocycles. The van der Waals surface area contributed by atoms with Crippen molar-refractivity contribution < 1.29 is 9.53 Å². The Kier molecular flexibility index (Phi) is 5.14. The van der Waals surface area contributed by atoms with E-state index in [9.17, 15) is 4.79 Å². The molecular formula is C20H21N3O2. The minimum absolute atomic E-state index is 0.237. The van der Waals surface area contributed by atoms with Gasteiger partial charge in [0.15, 0.2) is 0 Å². The van der Waals surface area contributed by atoms with Gasteiger partial charge in [-0.1, -0.05) is 30.3 Å². The molecule has 0 aliphatic rings. The Morgan fingerprint density at radius 2 is 1.96 bits per heavy atom. The van der Waals surface area contributed by atoms with Gasteiger partial charge in [0, 0.05) is 35.4 Å². The molecule has 0 spiro atoms. The molecule has 5 nitrogen and oxygen atoms in total. The van der Waals surface area contributed by atoms with Crippen LogP contribution in [-0.2, 0) is 11.3 Å². The summed E-state index contributed by atoms with van der Waals surface area (Å²) in [7, 11) is 0. The number of hydrogen-bond donors (Lipinski definition) is 2. The maximum Gasteiger partial charge on any atom is 0.411 e. The van der Waals surface area contributed by atoms with Crippen LogP contribution in [0.1, 0.15) is 18.1 Å². The third-order valence-electron chi connectivity index (χ3n) is 3.94. The molecule has 1 amide bonds. The van der Waals surface area contributed by atoms with Crippen molar-refractivity contribution in [3.8, 4) is 0 Å². The predicted octanol–water partition coefficient (Wildman–Crippen LogP) is 4.72. The van der Waals surface area contributed by atoms with Crippen molar-refractivity contribution in [1.82, 2.24) is 4.98 Å². The van der Waals surface area contributed by atoms with E-state index in [1.54, 1.807) is 12.4 Å². The Balaban J connectivity index is 1.82. The Labute approximate surface area is 147 Å². The molecule has 0 atom stereocenters. The number of amides is 1. The standard InChI is InChI=1S/C20H21N3O2/c1-3-22-18-11-14(2)19(16-9-10-21-12-17(16)18)23-20(24)25-13-15-7-5-4-6-8-15/h4-12,22H,3,13H2,1-2H3,(H,23,24). The summed E-state index contributed by atoms with van der Waals surface area (Å²) in [4.78, 5) is 16.4. The van der Waals surface area contributed by atoms with E-state index in [-0.39, 0.29) is 6.61 Å². The molecule has 0 bridgehead atoms. The van der Waals surface area contributed by atoms with Crippen LogP contribution in [0, 0.1) is 6.92 Å². The molecule has 0 fully saturated rings. The molecule has 25 heavy (non-hydrogen) atoms. The van der Waals surface area contributed by atoms with Gasteiger partial charge in [-0.05, 0) is 37.1 Å². The van der Waals surface area contributed by atoms with Crippen LogP contribution < -0.4 is 10.6 Å². The van der Waals surface area contributed by atoms with Crippen molar-refractivity contribution >= 4 is 28.2 Å². The van der Waals surface area contributed by atoms with Crippen LogP contribution in [0.2, 0.25) is 0 Å². The Bertz CT molecular complexity index is 879. The molecule has 2 aromatic carbocycles. The largest absolute Gasteiger partial charge is 0.444 e. The monoisotopic (exact) mass is 335 g/mol. The Hall–Kier alpha value is -3.08. The lowest BCUT2D eigenvalue weighted by molar-refractivity contribution is 0.155. The number of benzene rings is 2. The smallest absolute Gasteiger partial charge is 0.411 e. The van der Waals surface area contributed by atoms with Crippen molar-refractivity contribution in [2.45, 2.75) is 20.5 Å². The fourth-order valence-corrected chi connectivity index (χ4v) is 2.77. The highest BCUT2D eigenvalue weighted by atomic mass is 16.5. The number of fused-ring (bicyclic) bond motifs is 1. The van der Waals surface area contributed by atoms with E-state index in [1.165, 1.54) is 0 Å². The Morgan fingerprint density at radius 1 is 1.16 bits per heavy atom. The van der Waals surface area contributed by atoms with Gasteiger partial charge >= 0.3 is 6.09 Å². The number of carbonyl (C=O) groups is 1. The van der Waals surface area contributed by atoms with Crippen molar-refractivity contribution in [1.29, 1.82) is 0 Å². The minimum atomic E-state index is -0.471. The molecule has 2 N–H and O–H groups in total. The lowest BCUT2D eigenvalue weighted by Crippen LogP contribution is -2.15. The van der Waals surface area contributed by atoms with E-state index in [4.69, 9.17) is 4.74 Å². The van der Waals surface area contributed by atoms with Gasteiger partial charge in [-0.25, -0.2) is 4.79 Å². The van der Waals surface area contributed by atoms with Gasteiger partial charge in [0.05, 0.1) is 5.69 Å². The SMILES string of the molecule is CCNc1cc(C)c(NC(=O)OCc2ccccc2)c2ccncc12. The maximum absolute atomic E-state index is 12.2. The second-order valence-electron chi connectivity index (χ2n) is 5.75. The topological polar surface area (TPSA) is 63.2 Å². The number of ether oxygens (including phenoxy) is 1. The summed E-state index contributed by atoms with van der Waals surface area (Å²) >= 11 is 0. The molecule has 0 aliphatic heterocycles. The first-order chi connectivity index (χ1) is 12.2. The molecule has 1 heterocycles. The van der Waals surface area contributed by atoms with Gasteiger partial charge in [0.1, 0.15) is 6.61 Å². The summed E-state index contributed by atoms with van der Waals surface area (Å²) in [5.41, 5.74) is 3.67. The van der Waals surface area contributed by atoms with Crippen LogP contribution in [0.15, 0.2) is 54.9 Å². The van der Waals surface area contributed by atoms with Gasteiger partial charge in [-0.2, -0.15) is 0 Å². The number of nitrogens with zero attached hydrogens (tertiary/aromatic N) is 1. The lowest BCUT2D eigenvalue weighted by Gasteiger charge is -2.16. The number of nitrogens with one attached hydrogen (secondary N) is 2. The number of hydrogen-bond acceptors (Lipinski definition) is 4. The molecule has 0 saturated heterocycles. The molecule has 128 valence electrons. The first kappa shape index (κ1) is 16.8. The van der Waals surface area contributed by atoms with Crippen molar-refractivity contribution in [3.63, 3.8) is 0 Å². The molecule has 0 saturated carbocycles. The first-order valence-electron chi connectivity index (χ1n) is 8.28. The highest BCUT2D eigenvalue weighted by molar-refractivity contribution is 6.06. The third-order valence-corrected chi connectivity index (χ3v) is 3.94. The fraction of sp³-hybridized carbons (Fsp3) is 0.200. The first-order valence-corrected chi connectivity index (χ1v) is 8.28. The van der Waals surface area contributed by atoms with E-state index in [2.05, 4.69) is 15.6 Å². The van der Waals surface area contributed by atoms with E-state index < -0.39 is 6.09 Å². The highest BCUT2D eigenvalue weighted by Gasteiger charge is 2.13. The zero-order valence-electron chi connectivity index (χ0n) is 14.4. The summed E-state index contributed by atoms with van der Waals surface area (Å²) in [6.45, 7) is 5.06. The summed E-state index contributed by atoms with van der Waals surface area (Å²) in [6.07, 6.45) is 3.05. The van der Waals surface area contributed by atoms with E-state index >= 15 is 0 Å². The molecule has 0 unspecified atom stereocenters. The average molecular weight is 335 g/mol. The van der Waals surface area contributed by atoms with Crippen LogP contribution in [0.5, 0.6) is 0 Å². The normalized spacial score (nSPS) is 10.5. The van der Waals surface area contributed by atoms with Gasteiger partial charge in [-0.15, -0.1) is 0 Å². The van der Waals surface area contributed by atoms with Crippen molar-refractivity contribution in [2.75, 3.05) is 17.2 Å². The predicted molar refractivity (Wildman–Crippen MR) is 101 cm³/mol. The van der Waals surface area contributed by atoms with Gasteiger partial charge < -0.3 is 10.1 Å². The molecule has 1 aromatic heterocycles. The van der Waals surface area contributed by atoms with Crippen LogP contribution in [0.3, 0.4) is 0 Å². The second kappa shape index (κ2) is 7.66. The van der Waals surface area contributed by atoms with Gasteiger partial charge in [0.25, 0.3) is 0 Å². The van der Waals surface area contributed by atoms with Gasteiger partial charge in [-0.3, -0.25) is 10.3 Å². The van der Waals surface area contributed by atoms with E-state index in [0.29, 0.717) is 0 Å². The van der Waals surface area contributed by atoms with E-state index in [0.717, 1.165) is 39.8 Å². The van der Waals surface area contributed by atoms with E-state index in [1.807, 2.05) is 56.3 Å². The third kappa shape index (κ3) is 3.88. The Morgan fingerprint density at radius 3 is 2.72 bits per heavy atom. The summed E-state index contributed by atoms with van der Waals surface area (Å²) in [5, 5.41) is 8.11. The molecule has 0 radical (unpaired) electrons. The molecule has 5 heteroatoms. The molecular weight excluding hydrogens is 314 g/mol. The lowest BCUT2D eigenvalue weighted by atomic mass is 10.0. The van der Waals surface area contributed by atoms with Crippen LogP contribution in [0.25, 0.3) is 10.8 Å². The highest BCUT2D eigenvalue weighted by Crippen LogP contribution is 2.33. The van der Waals surface area contributed by atoms with Gasteiger partial charge in [0.2, 0.25) is 0 Å². The zero-order valence-corrected chi connectivity index (χ0v) is 14.4. The number of anilines is 2. The average Bonchev–Trinajstić information content (AvgIpc) is 2.64. The summed E-state index contributed by atoms with van der Waals surface area (Å²) in [5.74, 6) is 0. The fourth-order valence-electron chi connectivity index (χ4n) is 2.77. The number of rotatable bonds is 5. The number of aryl methyl sites for hydroxylation is 1. The van der Waals surface area contributed by atoms with Crippen LogP contribution in [-0.4, -0.2) is 17.6 Å². The second-order valence-corrected chi connectivity index (χ2v) is 5.75. The van der Waals surface area contributed by atoms with Crippen molar-refractivity contribution in [3.05, 3.63) is 66.0 Å². The number of carbonyl (C=O) groups excluding carboxylic acids is 1. The summed E-state index contributed by atoms with van der Waals surface area (Å²) < 4.78 is 5.33. The quantitative estimate of drug-likeness (QED) is 0.708. The van der Waals surface area contributed by atoms with Crippen LogP contribution >= 0.6 is 0 Å². The summed E-state index contributed by atoms with van der Waals surface area (Å²) in [6, 6.07) is 13.5. The van der Waals surface area contributed by atoms with Crippen molar-refractivity contribution in [2.24, 2.45) is 0 Å².